The van der Waals surface area contributed by atoms with Gasteiger partial charge in [0.1, 0.15) is 5.00 Å². The van der Waals surface area contributed by atoms with Crippen molar-refractivity contribution in [1.29, 1.82) is 0 Å². The van der Waals surface area contributed by atoms with Gasteiger partial charge in [0.2, 0.25) is 5.91 Å². The largest absolute Gasteiger partial charge is 0.481 e. The molecule has 1 aromatic carbocycles. The molecule has 2 aromatic rings. The van der Waals surface area contributed by atoms with Crippen molar-refractivity contribution < 1.29 is 24.2 Å². The number of amides is 1. The van der Waals surface area contributed by atoms with Gasteiger partial charge < -0.3 is 15.2 Å². The van der Waals surface area contributed by atoms with Crippen molar-refractivity contribution in [3.05, 3.63) is 64.6 Å². The van der Waals surface area contributed by atoms with Crippen LogP contribution in [-0.4, -0.2) is 30.1 Å². The summed E-state index contributed by atoms with van der Waals surface area (Å²) in [5.74, 6) is -3.36. The van der Waals surface area contributed by atoms with E-state index in [-0.39, 0.29) is 11.5 Å². The number of carbonyl (C=O) groups is 3. The molecule has 1 aromatic heterocycles. The van der Waals surface area contributed by atoms with Crippen molar-refractivity contribution in [3.63, 3.8) is 0 Å². The van der Waals surface area contributed by atoms with Gasteiger partial charge in [-0.15, -0.1) is 11.3 Å². The predicted octanol–water partition coefficient (Wildman–Crippen LogP) is 4.29. The van der Waals surface area contributed by atoms with Gasteiger partial charge in [-0.2, -0.15) is 0 Å². The second-order valence-electron chi connectivity index (χ2n) is 7.00. The number of carboxylic acid groups (broad SMARTS) is 1. The first-order valence-corrected chi connectivity index (χ1v) is 10.2. The molecule has 0 aliphatic heterocycles. The number of anilines is 1. The highest BCUT2D eigenvalue weighted by atomic mass is 32.1. The molecule has 7 heteroatoms. The van der Waals surface area contributed by atoms with E-state index in [1.807, 2.05) is 43.3 Å². The van der Waals surface area contributed by atoms with Gasteiger partial charge in [-0.25, -0.2) is 4.79 Å². The normalized spacial score (nSPS) is 19.4. The van der Waals surface area contributed by atoms with Crippen LogP contribution in [0.5, 0.6) is 0 Å². The highest BCUT2D eigenvalue weighted by molar-refractivity contribution is 7.16. The minimum atomic E-state index is -0.993. The summed E-state index contributed by atoms with van der Waals surface area (Å²) in [7, 11) is 1.29. The zero-order valence-corrected chi connectivity index (χ0v) is 17.1. The van der Waals surface area contributed by atoms with Crippen LogP contribution in [-0.2, 0) is 14.3 Å². The predicted molar refractivity (Wildman–Crippen MR) is 111 cm³/mol. The van der Waals surface area contributed by atoms with Crippen LogP contribution in [0.2, 0.25) is 0 Å². The molecule has 2 N–H and O–H groups in total. The molecule has 0 radical (unpaired) electrons. The molecule has 29 heavy (non-hydrogen) atoms. The van der Waals surface area contributed by atoms with Crippen LogP contribution < -0.4 is 5.32 Å². The van der Waals surface area contributed by atoms with Gasteiger partial charge in [0, 0.05) is 10.8 Å². The molecule has 1 aliphatic carbocycles. The summed E-state index contributed by atoms with van der Waals surface area (Å²) in [5.41, 5.74) is 1.37. The lowest BCUT2D eigenvalue weighted by Gasteiger charge is -2.24. The van der Waals surface area contributed by atoms with E-state index in [0.717, 1.165) is 10.4 Å². The van der Waals surface area contributed by atoms with Gasteiger partial charge in [0.05, 0.1) is 24.5 Å². The maximum atomic E-state index is 12.8. The summed E-state index contributed by atoms with van der Waals surface area (Å²) in [6.07, 6.45) is 4.28. The van der Waals surface area contributed by atoms with Crippen molar-refractivity contribution in [2.24, 2.45) is 11.8 Å². The molecular formula is C22H23NO5S. The second-order valence-corrected chi connectivity index (χ2v) is 8.08. The fourth-order valence-electron chi connectivity index (χ4n) is 3.47. The molecule has 6 nitrogen and oxygen atoms in total. The van der Waals surface area contributed by atoms with Gasteiger partial charge in [0.15, 0.2) is 0 Å². The quantitative estimate of drug-likeness (QED) is 0.544. The number of ether oxygens (including phenoxy) is 1. The van der Waals surface area contributed by atoms with E-state index in [1.165, 1.54) is 18.4 Å². The molecule has 0 spiro atoms. The van der Waals surface area contributed by atoms with Crippen LogP contribution in [0.1, 0.15) is 46.5 Å². The van der Waals surface area contributed by atoms with Crippen molar-refractivity contribution in [3.8, 4) is 0 Å². The Morgan fingerprint density at radius 1 is 1.14 bits per heavy atom. The SMILES string of the molecule is COC(=O)c1cc([C@@H](C)c2ccccc2)sc1NC(=O)[C@@H]1CC=CC[C@@H]1C(=O)O. The summed E-state index contributed by atoms with van der Waals surface area (Å²) in [6.45, 7) is 2.03. The fraction of sp³-hybridized carbons (Fsp3) is 0.318. The molecule has 152 valence electrons. The molecule has 0 saturated carbocycles. The Balaban J connectivity index is 1.88. The lowest BCUT2D eigenvalue weighted by molar-refractivity contribution is -0.146. The zero-order valence-electron chi connectivity index (χ0n) is 16.3. The van der Waals surface area contributed by atoms with Gasteiger partial charge in [-0.3, -0.25) is 9.59 Å². The molecule has 1 amide bonds. The smallest absolute Gasteiger partial charge is 0.340 e. The molecule has 1 aliphatic rings. The van der Waals surface area contributed by atoms with E-state index in [9.17, 15) is 19.5 Å². The van der Waals surface area contributed by atoms with Gasteiger partial charge in [0.25, 0.3) is 0 Å². The minimum Gasteiger partial charge on any atom is -0.481 e. The number of nitrogens with one attached hydrogen (secondary N) is 1. The van der Waals surface area contributed by atoms with Crippen LogP contribution in [0.3, 0.4) is 0 Å². The molecule has 0 fully saturated rings. The minimum absolute atomic E-state index is 0.0274. The first-order valence-electron chi connectivity index (χ1n) is 9.38. The van der Waals surface area contributed by atoms with E-state index in [2.05, 4.69) is 5.32 Å². The van der Waals surface area contributed by atoms with Crippen molar-refractivity contribution in [2.75, 3.05) is 12.4 Å². The highest BCUT2D eigenvalue weighted by Gasteiger charge is 2.35. The van der Waals surface area contributed by atoms with Crippen LogP contribution in [0.15, 0.2) is 48.6 Å². The number of hydrogen-bond donors (Lipinski definition) is 2. The Hall–Kier alpha value is -2.93. The highest BCUT2D eigenvalue weighted by Crippen LogP contribution is 2.37. The number of methoxy groups -OCH3 is 1. The van der Waals surface area contributed by atoms with Gasteiger partial charge >= 0.3 is 11.9 Å². The third-order valence-electron chi connectivity index (χ3n) is 5.21. The molecule has 3 rings (SSSR count). The standard InChI is InChI=1S/C22H23NO5S/c1-13(14-8-4-3-5-9-14)18-12-17(22(27)28-2)20(29-18)23-19(24)15-10-6-7-11-16(15)21(25)26/h3-9,12-13,15-16H,10-11H2,1-2H3,(H,23,24)(H,25,26)/t13-,15+,16-/m0/s1. The summed E-state index contributed by atoms with van der Waals surface area (Å²) < 4.78 is 4.87. The molecule has 3 atom stereocenters. The Morgan fingerprint density at radius 3 is 2.41 bits per heavy atom. The number of aliphatic carboxylic acids is 1. The van der Waals surface area contributed by atoms with Crippen molar-refractivity contribution in [2.45, 2.75) is 25.7 Å². The van der Waals surface area contributed by atoms with Crippen molar-refractivity contribution >= 4 is 34.2 Å². The van der Waals surface area contributed by atoms with Crippen LogP contribution in [0.4, 0.5) is 5.00 Å². The number of benzene rings is 1. The molecule has 0 saturated heterocycles. The van der Waals surface area contributed by atoms with E-state index < -0.39 is 29.7 Å². The van der Waals surface area contributed by atoms with E-state index in [1.54, 1.807) is 12.1 Å². The van der Waals surface area contributed by atoms with Crippen LogP contribution in [0, 0.1) is 11.8 Å². The number of carboxylic acids is 1. The topological polar surface area (TPSA) is 92.7 Å². The number of carbonyl (C=O) groups excluding carboxylic acids is 2. The van der Waals surface area contributed by atoms with Crippen molar-refractivity contribution in [1.82, 2.24) is 0 Å². The van der Waals surface area contributed by atoms with E-state index >= 15 is 0 Å². The lowest BCUT2D eigenvalue weighted by atomic mass is 9.82. The summed E-state index contributed by atoms with van der Waals surface area (Å²) in [4.78, 5) is 37.5. The average Bonchev–Trinajstić information content (AvgIpc) is 3.16. The Kier molecular flexibility index (Phi) is 6.49. The Bertz CT molecular complexity index is 934. The molecular weight excluding hydrogens is 390 g/mol. The number of esters is 1. The molecule has 0 bridgehead atoms. The first kappa shape index (κ1) is 20.8. The van der Waals surface area contributed by atoms with Crippen LogP contribution in [0.25, 0.3) is 0 Å². The number of thiophene rings is 1. The van der Waals surface area contributed by atoms with Crippen LogP contribution >= 0.6 is 11.3 Å². The van der Waals surface area contributed by atoms with Gasteiger partial charge in [-0.1, -0.05) is 49.4 Å². The molecule has 0 unspecified atom stereocenters. The number of hydrogen-bond acceptors (Lipinski definition) is 5. The second kappa shape index (κ2) is 9.05. The third kappa shape index (κ3) is 4.56. The van der Waals surface area contributed by atoms with E-state index in [0.29, 0.717) is 17.8 Å². The Morgan fingerprint density at radius 2 is 1.79 bits per heavy atom. The summed E-state index contributed by atoms with van der Waals surface area (Å²) >= 11 is 1.31. The van der Waals surface area contributed by atoms with Gasteiger partial charge in [-0.05, 0) is 24.5 Å². The molecule has 1 heterocycles. The fourth-order valence-corrected chi connectivity index (χ4v) is 4.59. The first-order chi connectivity index (χ1) is 13.9. The lowest BCUT2D eigenvalue weighted by Crippen LogP contribution is -2.34. The summed E-state index contributed by atoms with van der Waals surface area (Å²) in [6, 6.07) is 11.6. The number of rotatable bonds is 6. The monoisotopic (exact) mass is 413 g/mol. The maximum Gasteiger partial charge on any atom is 0.340 e. The summed E-state index contributed by atoms with van der Waals surface area (Å²) in [5, 5.41) is 12.6. The maximum absolute atomic E-state index is 12.8. The Labute approximate surface area is 173 Å². The zero-order chi connectivity index (χ0) is 21.0. The average molecular weight is 413 g/mol. The number of allylic oxidation sites excluding steroid dienone is 2. The van der Waals surface area contributed by atoms with E-state index in [4.69, 9.17) is 4.74 Å². The third-order valence-corrected chi connectivity index (χ3v) is 6.44.